The Morgan fingerprint density at radius 3 is 2.32 bits per heavy atom. The van der Waals surface area contributed by atoms with Gasteiger partial charge in [0, 0.05) is 13.1 Å². The number of benzene rings is 2. The van der Waals surface area contributed by atoms with Crippen LogP contribution in [0.3, 0.4) is 0 Å². The fourth-order valence-corrected chi connectivity index (χ4v) is 2.40. The zero-order valence-corrected chi connectivity index (χ0v) is 13.4. The van der Waals surface area contributed by atoms with E-state index in [1.807, 2.05) is 12.1 Å². The van der Waals surface area contributed by atoms with Crippen LogP contribution >= 0.6 is 0 Å². The van der Waals surface area contributed by atoms with Crippen molar-refractivity contribution < 1.29 is 4.74 Å². The summed E-state index contributed by atoms with van der Waals surface area (Å²) in [5.74, 6) is 0.927. The van der Waals surface area contributed by atoms with Crippen LogP contribution in [0.2, 0.25) is 0 Å². The average Bonchev–Trinajstić information content (AvgIpc) is 2.57. The summed E-state index contributed by atoms with van der Waals surface area (Å²) in [6.45, 7) is 6.49. The van der Waals surface area contributed by atoms with Crippen LogP contribution in [-0.4, -0.2) is 31.1 Å². The van der Waals surface area contributed by atoms with Crippen LogP contribution in [0.15, 0.2) is 54.6 Å². The quantitative estimate of drug-likeness (QED) is 0.773. The van der Waals surface area contributed by atoms with E-state index in [9.17, 15) is 0 Å². The minimum absolute atomic E-state index is 0.686. The molecule has 2 aromatic rings. The van der Waals surface area contributed by atoms with Crippen molar-refractivity contribution in [2.45, 2.75) is 19.9 Å². The average molecular weight is 298 g/mol. The van der Waals surface area contributed by atoms with E-state index < -0.39 is 0 Å². The molecule has 2 aromatic carbocycles. The van der Waals surface area contributed by atoms with Crippen LogP contribution in [0.4, 0.5) is 0 Å². The van der Waals surface area contributed by atoms with Crippen molar-refractivity contribution in [3.63, 3.8) is 0 Å². The SMILES string of the molecule is CCN(CCOc1ccc(CCN)cc1)Cc1ccccc1. The molecule has 0 radical (unpaired) electrons. The zero-order chi connectivity index (χ0) is 15.6. The predicted molar refractivity (Wildman–Crippen MR) is 92.1 cm³/mol. The standard InChI is InChI=1S/C19H26N2O/c1-2-21(16-18-6-4-3-5-7-18)14-15-22-19-10-8-17(9-11-19)12-13-20/h3-11H,2,12-16,20H2,1H3. The van der Waals surface area contributed by atoms with Gasteiger partial charge in [0.1, 0.15) is 12.4 Å². The number of hydrogen-bond acceptors (Lipinski definition) is 3. The van der Waals surface area contributed by atoms with Gasteiger partial charge in [-0.25, -0.2) is 0 Å². The van der Waals surface area contributed by atoms with Gasteiger partial charge < -0.3 is 10.5 Å². The van der Waals surface area contributed by atoms with Crippen molar-refractivity contribution >= 4 is 0 Å². The van der Waals surface area contributed by atoms with Crippen molar-refractivity contribution in [2.75, 3.05) is 26.2 Å². The number of nitrogens with zero attached hydrogens (tertiary/aromatic N) is 1. The van der Waals surface area contributed by atoms with Crippen molar-refractivity contribution in [1.29, 1.82) is 0 Å². The van der Waals surface area contributed by atoms with E-state index in [-0.39, 0.29) is 0 Å². The highest BCUT2D eigenvalue weighted by atomic mass is 16.5. The van der Waals surface area contributed by atoms with Gasteiger partial charge in [0.05, 0.1) is 0 Å². The lowest BCUT2D eigenvalue weighted by Crippen LogP contribution is -2.27. The first-order valence-electron chi connectivity index (χ1n) is 8.00. The lowest BCUT2D eigenvalue weighted by Gasteiger charge is -2.20. The first-order valence-corrected chi connectivity index (χ1v) is 8.00. The van der Waals surface area contributed by atoms with Crippen LogP contribution in [0.1, 0.15) is 18.1 Å². The van der Waals surface area contributed by atoms with Gasteiger partial charge in [0.25, 0.3) is 0 Å². The Balaban J connectivity index is 1.76. The fraction of sp³-hybridized carbons (Fsp3) is 0.368. The molecule has 0 aromatic heterocycles. The maximum atomic E-state index is 5.84. The second-order valence-corrected chi connectivity index (χ2v) is 5.39. The first kappa shape index (κ1) is 16.5. The molecule has 3 heteroatoms. The van der Waals surface area contributed by atoms with Crippen LogP contribution < -0.4 is 10.5 Å². The van der Waals surface area contributed by atoms with Crippen molar-refractivity contribution in [3.8, 4) is 5.75 Å². The lowest BCUT2D eigenvalue weighted by atomic mass is 10.1. The van der Waals surface area contributed by atoms with E-state index in [1.165, 1.54) is 11.1 Å². The van der Waals surface area contributed by atoms with Gasteiger partial charge >= 0.3 is 0 Å². The summed E-state index contributed by atoms with van der Waals surface area (Å²) in [5, 5.41) is 0. The number of nitrogens with two attached hydrogens (primary N) is 1. The second-order valence-electron chi connectivity index (χ2n) is 5.39. The lowest BCUT2D eigenvalue weighted by molar-refractivity contribution is 0.210. The summed E-state index contributed by atoms with van der Waals surface area (Å²) in [6, 6.07) is 18.8. The maximum absolute atomic E-state index is 5.84. The number of likely N-dealkylation sites (N-methyl/N-ethyl adjacent to an activating group) is 1. The largest absolute Gasteiger partial charge is 0.492 e. The molecule has 3 nitrogen and oxygen atoms in total. The van der Waals surface area contributed by atoms with Crippen molar-refractivity contribution in [2.24, 2.45) is 5.73 Å². The van der Waals surface area contributed by atoms with Gasteiger partial charge in [-0.3, -0.25) is 4.90 Å². The molecule has 0 amide bonds. The van der Waals surface area contributed by atoms with E-state index in [4.69, 9.17) is 10.5 Å². The summed E-state index contributed by atoms with van der Waals surface area (Å²) >= 11 is 0. The Kier molecular flexibility index (Phi) is 6.94. The van der Waals surface area contributed by atoms with E-state index >= 15 is 0 Å². The molecule has 0 saturated heterocycles. The Morgan fingerprint density at radius 1 is 0.955 bits per heavy atom. The van der Waals surface area contributed by atoms with E-state index in [0.29, 0.717) is 13.2 Å². The highest BCUT2D eigenvalue weighted by molar-refractivity contribution is 5.27. The molecule has 0 heterocycles. The molecule has 0 aliphatic heterocycles. The van der Waals surface area contributed by atoms with Crippen molar-refractivity contribution in [1.82, 2.24) is 4.90 Å². The van der Waals surface area contributed by atoms with Gasteiger partial charge in [-0.05, 0) is 42.8 Å². The van der Waals surface area contributed by atoms with Crippen LogP contribution in [-0.2, 0) is 13.0 Å². The Hall–Kier alpha value is -1.84. The minimum atomic E-state index is 0.686. The third-order valence-electron chi connectivity index (χ3n) is 3.73. The van der Waals surface area contributed by atoms with E-state index in [2.05, 4.69) is 54.3 Å². The number of rotatable bonds is 9. The van der Waals surface area contributed by atoms with Gasteiger partial charge in [-0.15, -0.1) is 0 Å². The molecule has 0 spiro atoms. The third-order valence-corrected chi connectivity index (χ3v) is 3.73. The molecule has 2 N–H and O–H groups in total. The Labute approximate surface area is 133 Å². The summed E-state index contributed by atoms with van der Waals surface area (Å²) < 4.78 is 5.84. The van der Waals surface area contributed by atoms with Crippen LogP contribution in [0.25, 0.3) is 0 Å². The number of hydrogen-bond donors (Lipinski definition) is 1. The van der Waals surface area contributed by atoms with Crippen LogP contribution in [0, 0.1) is 0 Å². The topological polar surface area (TPSA) is 38.5 Å². The summed E-state index contributed by atoms with van der Waals surface area (Å²) in [7, 11) is 0. The molecule has 2 rings (SSSR count). The minimum Gasteiger partial charge on any atom is -0.492 e. The summed E-state index contributed by atoms with van der Waals surface area (Å²) in [4.78, 5) is 2.39. The molecule has 0 bridgehead atoms. The molecular formula is C19H26N2O. The Bertz CT molecular complexity index is 525. The molecule has 0 saturated carbocycles. The molecule has 0 aliphatic carbocycles. The molecule has 0 unspecified atom stereocenters. The normalized spacial score (nSPS) is 10.9. The highest BCUT2D eigenvalue weighted by Crippen LogP contribution is 2.12. The monoisotopic (exact) mass is 298 g/mol. The highest BCUT2D eigenvalue weighted by Gasteiger charge is 2.04. The predicted octanol–water partition coefficient (Wildman–Crippen LogP) is 3.09. The molecule has 118 valence electrons. The Morgan fingerprint density at radius 2 is 1.68 bits per heavy atom. The molecule has 22 heavy (non-hydrogen) atoms. The smallest absolute Gasteiger partial charge is 0.119 e. The molecule has 0 atom stereocenters. The second kappa shape index (κ2) is 9.23. The molecule has 0 aliphatic rings. The fourth-order valence-electron chi connectivity index (χ4n) is 2.40. The molecule has 0 fully saturated rings. The van der Waals surface area contributed by atoms with E-state index in [1.54, 1.807) is 0 Å². The van der Waals surface area contributed by atoms with Gasteiger partial charge in [0.2, 0.25) is 0 Å². The summed E-state index contributed by atoms with van der Waals surface area (Å²) in [6.07, 6.45) is 0.918. The molecular weight excluding hydrogens is 272 g/mol. The summed E-state index contributed by atoms with van der Waals surface area (Å²) in [5.41, 5.74) is 8.16. The van der Waals surface area contributed by atoms with Crippen molar-refractivity contribution in [3.05, 3.63) is 65.7 Å². The van der Waals surface area contributed by atoms with E-state index in [0.717, 1.165) is 31.8 Å². The zero-order valence-electron chi connectivity index (χ0n) is 13.4. The van der Waals surface area contributed by atoms with Gasteiger partial charge in [0.15, 0.2) is 0 Å². The number of ether oxygens (including phenoxy) is 1. The third kappa shape index (κ3) is 5.51. The van der Waals surface area contributed by atoms with Gasteiger partial charge in [-0.2, -0.15) is 0 Å². The maximum Gasteiger partial charge on any atom is 0.119 e. The van der Waals surface area contributed by atoms with Crippen LogP contribution in [0.5, 0.6) is 5.75 Å². The van der Waals surface area contributed by atoms with Gasteiger partial charge in [-0.1, -0.05) is 49.4 Å². The first-order chi connectivity index (χ1) is 10.8.